The van der Waals surface area contributed by atoms with Crippen molar-refractivity contribution in [2.24, 2.45) is 0 Å². The molecule has 0 saturated heterocycles. The predicted molar refractivity (Wildman–Crippen MR) is 72.5 cm³/mol. The van der Waals surface area contributed by atoms with Crippen molar-refractivity contribution in [1.29, 1.82) is 0 Å². The number of aromatic nitrogens is 2. The second-order valence-corrected chi connectivity index (χ2v) is 4.17. The number of nitrogens with two attached hydrogens (primary N) is 1. The van der Waals surface area contributed by atoms with Crippen molar-refractivity contribution in [3.05, 3.63) is 46.1 Å². The highest BCUT2D eigenvalue weighted by atomic mass is 16.6. The number of nitro groups is 1. The van der Waals surface area contributed by atoms with Crippen LogP contribution in [0.2, 0.25) is 0 Å². The molecule has 6 nitrogen and oxygen atoms in total. The lowest BCUT2D eigenvalue weighted by molar-refractivity contribution is -0.384. The van der Waals surface area contributed by atoms with Gasteiger partial charge in [-0.1, -0.05) is 25.5 Å². The van der Waals surface area contributed by atoms with Gasteiger partial charge in [-0.15, -0.1) is 0 Å². The maximum Gasteiger partial charge on any atom is 0.270 e. The monoisotopic (exact) mass is 258 g/mol. The molecule has 0 aliphatic rings. The Morgan fingerprint density at radius 3 is 2.79 bits per heavy atom. The zero-order valence-corrected chi connectivity index (χ0v) is 10.5. The quantitative estimate of drug-likeness (QED) is 0.671. The first kappa shape index (κ1) is 12.9. The first-order valence-corrected chi connectivity index (χ1v) is 5.98. The van der Waals surface area contributed by atoms with Crippen LogP contribution < -0.4 is 5.73 Å². The molecule has 0 aliphatic carbocycles. The van der Waals surface area contributed by atoms with Crippen molar-refractivity contribution < 1.29 is 4.92 Å². The molecule has 6 heteroatoms. The van der Waals surface area contributed by atoms with Crippen LogP contribution in [0.3, 0.4) is 0 Å². The van der Waals surface area contributed by atoms with Crippen LogP contribution in [0.5, 0.6) is 0 Å². The summed E-state index contributed by atoms with van der Waals surface area (Å²) >= 11 is 0. The average molecular weight is 258 g/mol. The minimum absolute atomic E-state index is 0.0144. The van der Waals surface area contributed by atoms with Crippen LogP contribution >= 0.6 is 0 Å². The summed E-state index contributed by atoms with van der Waals surface area (Å²) < 4.78 is 0. The third-order valence-corrected chi connectivity index (χ3v) is 2.62. The van der Waals surface area contributed by atoms with E-state index in [2.05, 4.69) is 9.97 Å². The van der Waals surface area contributed by atoms with Gasteiger partial charge in [-0.3, -0.25) is 10.1 Å². The van der Waals surface area contributed by atoms with Gasteiger partial charge in [-0.05, 0) is 6.42 Å². The Labute approximate surface area is 110 Å². The summed E-state index contributed by atoms with van der Waals surface area (Å²) in [4.78, 5) is 18.8. The summed E-state index contributed by atoms with van der Waals surface area (Å²) in [6.07, 6.45) is 1.75. The van der Waals surface area contributed by atoms with E-state index >= 15 is 0 Å². The molecule has 19 heavy (non-hydrogen) atoms. The topological polar surface area (TPSA) is 94.9 Å². The average Bonchev–Trinajstić information content (AvgIpc) is 2.38. The minimum Gasteiger partial charge on any atom is -0.384 e. The van der Waals surface area contributed by atoms with Crippen LogP contribution in [0.1, 0.15) is 19.0 Å². The fourth-order valence-corrected chi connectivity index (χ4v) is 1.79. The highest BCUT2D eigenvalue weighted by Gasteiger charge is 2.10. The largest absolute Gasteiger partial charge is 0.384 e. The Morgan fingerprint density at radius 2 is 2.11 bits per heavy atom. The zero-order chi connectivity index (χ0) is 13.8. The van der Waals surface area contributed by atoms with E-state index in [-0.39, 0.29) is 5.69 Å². The van der Waals surface area contributed by atoms with Gasteiger partial charge in [0.1, 0.15) is 5.82 Å². The van der Waals surface area contributed by atoms with E-state index in [0.717, 1.165) is 18.5 Å². The normalized spacial score (nSPS) is 10.4. The number of nitrogens with zero attached hydrogens (tertiary/aromatic N) is 3. The van der Waals surface area contributed by atoms with Gasteiger partial charge in [0, 0.05) is 29.5 Å². The number of non-ortho nitro benzene ring substituents is 1. The van der Waals surface area contributed by atoms with E-state index in [1.807, 2.05) is 6.92 Å². The lowest BCUT2D eigenvalue weighted by atomic mass is 10.1. The Bertz CT molecular complexity index is 613. The molecule has 1 aromatic carbocycles. The van der Waals surface area contributed by atoms with Gasteiger partial charge >= 0.3 is 0 Å². The van der Waals surface area contributed by atoms with Crippen LogP contribution in [-0.4, -0.2) is 14.9 Å². The molecule has 0 spiro atoms. The predicted octanol–water partition coefficient (Wildman–Crippen LogP) is 2.59. The van der Waals surface area contributed by atoms with Crippen molar-refractivity contribution in [3.63, 3.8) is 0 Å². The maximum atomic E-state index is 10.8. The van der Waals surface area contributed by atoms with Crippen molar-refractivity contribution in [2.75, 3.05) is 5.73 Å². The lowest BCUT2D eigenvalue weighted by Crippen LogP contribution is -2.00. The van der Waals surface area contributed by atoms with Gasteiger partial charge in [0.25, 0.3) is 5.69 Å². The van der Waals surface area contributed by atoms with E-state index in [4.69, 9.17) is 5.73 Å². The summed E-state index contributed by atoms with van der Waals surface area (Å²) in [6, 6.07) is 7.95. The molecule has 0 radical (unpaired) electrons. The van der Waals surface area contributed by atoms with Crippen molar-refractivity contribution >= 4 is 11.5 Å². The number of anilines is 1. The second kappa shape index (κ2) is 5.43. The molecular formula is C13H14N4O2. The molecule has 2 aromatic rings. The van der Waals surface area contributed by atoms with Gasteiger partial charge in [-0.25, -0.2) is 9.97 Å². The van der Waals surface area contributed by atoms with Crippen LogP contribution in [0.15, 0.2) is 30.3 Å². The summed E-state index contributed by atoms with van der Waals surface area (Å²) in [5, 5.41) is 10.8. The molecule has 0 unspecified atom stereocenters. The fraction of sp³-hybridized carbons (Fsp3) is 0.231. The van der Waals surface area contributed by atoms with Gasteiger partial charge in [0.15, 0.2) is 5.82 Å². The van der Waals surface area contributed by atoms with E-state index in [1.165, 1.54) is 12.1 Å². The van der Waals surface area contributed by atoms with Gasteiger partial charge in [-0.2, -0.15) is 0 Å². The highest BCUT2D eigenvalue weighted by Crippen LogP contribution is 2.22. The number of aryl methyl sites for hydroxylation is 1. The maximum absolute atomic E-state index is 10.8. The molecule has 1 aromatic heterocycles. The number of hydrogen-bond acceptors (Lipinski definition) is 5. The van der Waals surface area contributed by atoms with Gasteiger partial charge < -0.3 is 5.73 Å². The van der Waals surface area contributed by atoms with E-state index < -0.39 is 4.92 Å². The number of nitrogen functional groups attached to an aromatic ring is 1. The third kappa shape index (κ3) is 3.04. The molecule has 98 valence electrons. The van der Waals surface area contributed by atoms with Crippen molar-refractivity contribution in [3.8, 4) is 11.4 Å². The third-order valence-electron chi connectivity index (χ3n) is 2.62. The molecule has 2 rings (SSSR count). The van der Waals surface area contributed by atoms with Crippen LogP contribution in [0, 0.1) is 10.1 Å². The van der Waals surface area contributed by atoms with Crippen LogP contribution in [0.25, 0.3) is 11.4 Å². The number of rotatable bonds is 4. The number of benzene rings is 1. The minimum atomic E-state index is -0.442. The number of nitro benzene ring substituents is 1. The van der Waals surface area contributed by atoms with Gasteiger partial charge in [0.05, 0.1) is 4.92 Å². The Hall–Kier alpha value is -2.50. The molecule has 1 heterocycles. The smallest absolute Gasteiger partial charge is 0.270 e. The fourth-order valence-electron chi connectivity index (χ4n) is 1.79. The van der Waals surface area contributed by atoms with E-state index in [1.54, 1.807) is 18.2 Å². The molecule has 0 amide bonds. The van der Waals surface area contributed by atoms with Crippen LogP contribution in [-0.2, 0) is 6.42 Å². The Balaban J connectivity index is 2.46. The van der Waals surface area contributed by atoms with E-state index in [9.17, 15) is 10.1 Å². The summed E-state index contributed by atoms with van der Waals surface area (Å²) in [6.45, 7) is 2.05. The Morgan fingerprint density at radius 1 is 1.32 bits per heavy atom. The second-order valence-electron chi connectivity index (χ2n) is 4.17. The lowest BCUT2D eigenvalue weighted by Gasteiger charge is -2.05. The Kier molecular flexibility index (Phi) is 3.70. The zero-order valence-electron chi connectivity index (χ0n) is 10.5. The molecule has 0 aliphatic heterocycles. The summed E-state index contributed by atoms with van der Waals surface area (Å²) in [7, 11) is 0. The first-order valence-electron chi connectivity index (χ1n) is 5.98. The molecule has 2 N–H and O–H groups in total. The standard InChI is InChI=1S/C13H14N4O2/c1-2-4-10-8-12(14)16-13(15-10)9-5-3-6-11(7-9)17(18)19/h3,5-8H,2,4H2,1H3,(H2,14,15,16). The van der Waals surface area contributed by atoms with Crippen LogP contribution in [0.4, 0.5) is 11.5 Å². The van der Waals surface area contributed by atoms with E-state index in [0.29, 0.717) is 17.2 Å². The molecule has 0 saturated carbocycles. The molecular weight excluding hydrogens is 244 g/mol. The molecule has 0 atom stereocenters. The van der Waals surface area contributed by atoms with Crippen molar-refractivity contribution in [1.82, 2.24) is 9.97 Å². The number of hydrogen-bond donors (Lipinski definition) is 1. The first-order chi connectivity index (χ1) is 9.10. The summed E-state index contributed by atoms with van der Waals surface area (Å²) in [5.74, 6) is 0.798. The SMILES string of the molecule is CCCc1cc(N)nc(-c2cccc([N+](=O)[O-])c2)n1. The van der Waals surface area contributed by atoms with Crippen molar-refractivity contribution in [2.45, 2.75) is 19.8 Å². The highest BCUT2D eigenvalue weighted by molar-refractivity contribution is 5.60. The van der Waals surface area contributed by atoms with Gasteiger partial charge in [0.2, 0.25) is 0 Å². The summed E-state index contributed by atoms with van der Waals surface area (Å²) in [5.41, 5.74) is 7.19. The molecule has 0 fully saturated rings. The molecule has 0 bridgehead atoms.